The van der Waals surface area contributed by atoms with Crippen LogP contribution in [0.25, 0.3) is 0 Å². The number of nitrogens with one attached hydrogen (secondary N) is 1. The van der Waals surface area contributed by atoms with Crippen LogP contribution in [-0.2, 0) is 10.0 Å². The van der Waals surface area contributed by atoms with Crippen molar-refractivity contribution in [3.05, 3.63) is 42.2 Å². The summed E-state index contributed by atoms with van der Waals surface area (Å²) in [6.07, 6.45) is 6.34. The molecule has 2 heterocycles. The Balaban J connectivity index is 1.79. The van der Waals surface area contributed by atoms with Gasteiger partial charge in [-0.25, -0.2) is 18.4 Å². The van der Waals surface area contributed by atoms with Crippen molar-refractivity contribution in [1.82, 2.24) is 9.97 Å². The minimum Gasteiger partial charge on any atom is -0.341 e. The molecule has 2 aromatic rings. The van der Waals surface area contributed by atoms with Gasteiger partial charge in [0.1, 0.15) is 11.0 Å². The van der Waals surface area contributed by atoms with Crippen LogP contribution in [0.15, 0.2) is 41.6 Å². The Hall–Kier alpha value is -2.66. The third kappa shape index (κ3) is 3.46. The smallest absolute Gasteiger partial charge is 0.263 e. The largest absolute Gasteiger partial charge is 0.341 e. The lowest BCUT2D eigenvalue weighted by atomic mass is 10.1. The summed E-state index contributed by atoms with van der Waals surface area (Å²) in [6, 6.07) is 7.93. The van der Waals surface area contributed by atoms with Crippen LogP contribution < -0.4 is 9.62 Å². The minimum absolute atomic E-state index is 0.0624. The van der Waals surface area contributed by atoms with Gasteiger partial charge in [-0.15, -0.1) is 0 Å². The number of hydrogen-bond donors (Lipinski definition) is 1. The first kappa shape index (κ1) is 16.2. The average Bonchev–Trinajstić information content (AvgIpc) is 2.63. The van der Waals surface area contributed by atoms with Crippen molar-refractivity contribution in [2.75, 3.05) is 22.7 Å². The maximum atomic E-state index is 12.4. The molecule has 0 radical (unpaired) electrons. The second-order valence-electron chi connectivity index (χ2n) is 5.53. The second kappa shape index (κ2) is 6.84. The first-order valence-electron chi connectivity index (χ1n) is 7.69. The zero-order chi connectivity index (χ0) is 17.0. The zero-order valence-corrected chi connectivity index (χ0v) is 13.8. The number of aromatic nitrogens is 2. The van der Waals surface area contributed by atoms with Crippen LogP contribution in [0.4, 0.5) is 11.6 Å². The van der Waals surface area contributed by atoms with E-state index in [-0.39, 0.29) is 16.1 Å². The number of sulfonamides is 1. The molecule has 0 spiro atoms. The normalized spacial score (nSPS) is 14.9. The number of nitriles is 1. The highest BCUT2D eigenvalue weighted by Gasteiger charge is 2.19. The van der Waals surface area contributed by atoms with Crippen LogP contribution >= 0.6 is 0 Å². The van der Waals surface area contributed by atoms with Gasteiger partial charge >= 0.3 is 0 Å². The highest BCUT2D eigenvalue weighted by atomic mass is 32.2. The van der Waals surface area contributed by atoms with E-state index in [1.165, 1.54) is 30.9 Å². The molecular formula is C16H17N5O2S. The van der Waals surface area contributed by atoms with Crippen molar-refractivity contribution in [2.24, 2.45) is 0 Å². The van der Waals surface area contributed by atoms with Gasteiger partial charge in [0.15, 0.2) is 0 Å². The first-order chi connectivity index (χ1) is 11.6. The zero-order valence-electron chi connectivity index (χ0n) is 13.0. The highest BCUT2D eigenvalue weighted by molar-refractivity contribution is 7.92. The summed E-state index contributed by atoms with van der Waals surface area (Å²) in [5.41, 5.74) is 0.361. The minimum atomic E-state index is -3.86. The molecule has 1 aromatic heterocycles. The molecule has 1 aliphatic heterocycles. The van der Waals surface area contributed by atoms with Crippen molar-refractivity contribution in [1.29, 1.82) is 5.26 Å². The van der Waals surface area contributed by atoms with Gasteiger partial charge in [0.2, 0.25) is 5.95 Å². The maximum Gasteiger partial charge on any atom is 0.263 e. The van der Waals surface area contributed by atoms with E-state index in [4.69, 9.17) is 5.26 Å². The van der Waals surface area contributed by atoms with E-state index < -0.39 is 10.0 Å². The van der Waals surface area contributed by atoms with Gasteiger partial charge in [0.05, 0.1) is 23.6 Å². The van der Waals surface area contributed by atoms with E-state index in [1.54, 1.807) is 12.1 Å². The average molecular weight is 343 g/mol. The number of anilines is 2. The van der Waals surface area contributed by atoms with Crippen molar-refractivity contribution >= 4 is 21.7 Å². The van der Waals surface area contributed by atoms with Crippen molar-refractivity contribution in [2.45, 2.75) is 24.2 Å². The number of rotatable bonds is 4. The van der Waals surface area contributed by atoms with Crippen molar-refractivity contribution < 1.29 is 8.42 Å². The molecule has 0 amide bonds. The van der Waals surface area contributed by atoms with Gasteiger partial charge in [-0.05, 0) is 31.4 Å². The fraction of sp³-hybridized carbons (Fsp3) is 0.312. The lowest BCUT2D eigenvalue weighted by Crippen LogP contribution is -2.30. The third-order valence-corrected chi connectivity index (χ3v) is 5.27. The predicted octanol–water partition coefficient (Wildman–Crippen LogP) is 2.14. The van der Waals surface area contributed by atoms with E-state index in [0.29, 0.717) is 5.95 Å². The third-order valence-electron chi connectivity index (χ3n) is 3.83. The molecule has 0 atom stereocenters. The summed E-state index contributed by atoms with van der Waals surface area (Å²) in [5.74, 6) is 0.607. The molecule has 1 N–H and O–H groups in total. The molecule has 1 aliphatic rings. The molecule has 0 bridgehead atoms. The fourth-order valence-electron chi connectivity index (χ4n) is 2.63. The lowest BCUT2D eigenvalue weighted by Gasteiger charge is -2.26. The van der Waals surface area contributed by atoms with Gasteiger partial charge in [0, 0.05) is 13.1 Å². The molecule has 8 heteroatoms. The summed E-state index contributed by atoms with van der Waals surface area (Å²) in [4.78, 5) is 10.5. The Kier molecular flexibility index (Phi) is 4.62. The monoisotopic (exact) mass is 343 g/mol. The molecule has 1 fully saturated rings. The molecule has 0 saturated carbocycles. The Morgan fingerprint density at radius 3 is 2.42 bits per heavy atom. The summed E-state index contributed by atoms with van der Waals surface area (Å²) in [7, 11) is -3.86. The second-order valence-corrected chi connectivity index (χ2v) is 7.18. The molecule has 0 aliphatic carbocycles. The maximum absolute atomic E-state index is 12.4. The summed E-state index contributed by atoms with van der Waals surface area (Å²) >= 11 is 0. The summed E-state index contributed by atoms with van der Waals surface area (Å²) < 4.78 is 27.3. The van der Waals surface area contributed by atoms with E-state index in [9.17, 15) is 8.42 Å². The fourth-order valence-corrected chi connectivity index (χ4v) is 3.82. The first-order valence-corrected chi connectivity index (χ1v) is 9.17. The Labute approximate surface area is 141 Å². The number of hydrogen-bond acceptors (Lipinski definition) is 6. The quantitative estimate of drug-likeness (QED) is 0.913. The standard InChI is InChI=1S/C16H17N5O2S/c17-10-13-6-2-3-7-15(13)24(22,23)20-14-11-18-16(19-12-14)21-8-4-1-5-9-21/h2-3,6-7,11-12,20H,1,4-5,8-9H2. The summed E-state index contributed by atoms with van der Waals surface area (Å²) in [6.45, 7) is 1.83. The van der Waals surface area contributed by atoms with Crippen LogP contribution in [0.1, 0.15) is 24.8 Å². The van der Waals surface area contributed by atoms with Gasteiger partial charge < -0.3 is 4.90 Å². The van der Waals surface area contributed by atoms with E-state index in [2.05, 4.69) is 19.6 Å². The number of benzene rings is 1. The Morgan fingerprint density at radius 1 is 1.08 bits per heavy atom. The SMILES string of the molecule is N#Cc1ccccc1S(=O)(=O)Nc1cnc(N2CCCCC2)nc1. The summed E-state index contributed by atoms with van der Waals surface area (Å²) in [5, 5.41) is 9.06. The van der Waals surface area contributed by atoms with Crippen LogP contribution in [0.2, 0.25) is 0 Å². The van der Waals surface area contributed by atoms with E-state index in [1.807, 2.05) is 6.07 Å². The van der Waals surface area contributed by atoms with Crippen LogP contribution in [0, 0.1) is 11.3 Å². The predicted molar refractivity (Wildman–Crippen MR) is 90.1 cm³/mol. The van der Waals surface area contributed by atoms with Gasteiger partial charge in [-0.1, -0.05) is 12.1 Å². The molecule has 24 heavy (non-hydrogen) atoms. The lowest BCUT2D eigenvalue weighted by molar-refractivity contribution is 0.568. The van der Waals surface area contributed by atoms with E-state index in [0.717, 1.165) is 25.9 Å². The van der Waals surface area contributed by atoms with Crippen LogP contribution in [0.5, 0.6) is 0 Å². The van der Waals surface area contributed by atoms with Gasteiger partial charge in [-0.3, -0.25) is 4.72 Å². The molecular weight excluding hydrogens is 326 g/mol. The molecule has 124 valence electrons. The number of nitrogens with zero attached hydrogens (tertiary/aromatic N) is 4. The highest BCUT2D eigenvalue weighted by Crippen LogP contribution is 2.20. The molecule has 1 saturated heterocycles. The molecule has 1 aromatic carbocycles. The van der Waals surface area contributed by atoms with Crippen molar-refractivity contribution in [3.63, 3.8) is 0 Å². The van der Waals surface area contributed by atoms with Gasteiger partial charge in [-0.2, -0.15) is 5.26 Å². The number of piperidine rings is 1. The Bertz CT molecular complexity index is 853. The van der Waals surface area contributed by atoms with Crippen molar-refractivity contribution in [3.8, 4) is 6.07 Å². The van der Waals surface area contributed by atoms with Gasteiger partial charge in [0.25, 0.3) is 10.0 Å². The molecule has 0 unspecified atom stereocenters. The molecule has 3 rings (SSSR count). The molecule has 7 nitrogen and oxygen atoms in total. The topological polar surface area (TPSA) is 99.0 Å². The van der Waals surface area contributed by atoms with Crippen LogP contribution in [0.3, 0.4) is 0 Å². The van der Waals surface area contributed by atoms with Crippen LogP contribution in [-0.4, -0.2) is 31.5 Å². The Morgan fingerprint density at radius 2 is 1.75 bits per heavy atom. The van der Waals surface area contributed by atoms with E-state index >= 15 is 0 Å².